The molecule has 0 fully saturated rings. The average Bonchev–Trinajstić information content (AvgIpc) is 3.22. The number of oxazole rings is 1. The summed E-state index contributed by atoms with van der Waals surface area (Å²) < 4.78 is 55.2. The molecule has 6 nitrogen and oxygen atoms in total. The Labute approximate surface area is 183 Å². The molecule has 1 N–H and O–H groups in total. The Kier molecular flexibility index (Phi) is 7.53. The first-order valence-corrected chi connectivity index (χ1v) is 9.91. The van der Waals surface area contributed by atoms with Crippen molar-refractivity contribution in [3.05, 3.63) is 65.7 Å². The van der Waals surface area contributed by atoms with Gasteiger partial charge in [-0.2, -0.15) is 13.2 Å². The maximum atomic E-state index is 13.1. The Balaban J connectivity index is 1.65. The van der Waals surface area contributed by atoms with Crippen LogP contribution in [0.1, 0.15) is 23.4 Å². The molecule has 0 saturated heterocycles. The van der Waals surface area contributed by atoms with Gasteiger partial charge in [0.15, 0.2) is 11.7 Å². The van der Waals surface area contributed by atoms with E-state index in [1.54, 1.807) is 6.20 Å². The number of rotatable bonds is 9. The lowest BCUT2D eigenvalue weighted by molar-refractivity contribution is -0.137. The molecule has 0 radical (unpaired) electrons. The normalized spacial score (nSPS) is 11.4. The van der Waals surface area contributed by atoms with Crippen molar-refractivity contribution in [2.24, 2.45) is 0 Å². The zero-order chi connectivity index (χ0) is 23.1. The summed E-state index contributed by atoms with van der Waals surface area (Å²) in [4.78, 5) is 16.6. The number of nitrogens with zero attached hydrogens (tertiary/aromatic N) is 1. The number of anilines is 1. The molecule has 3 rings (SSSR count). The molecule has 9 heteroatoms. The van der Waals surface area contributed by atoms with Gasteiger partial charge in [0.05, 0.1) is 24.1 Å². The molecule has 170 valence electrons. The highest BCUT2D eigenvalue weighted by atomic mass is 19.4. The number of alkyl halides is 3. The van der Waals surface area contributed by atoms with Gasteiger partial charge >= 0.3 is 6.18 Å². The van der Waals surface area contributed by atoms with Crippen LogP contribution >= 0.6 is 0 Å². The number of methoxy groups -OCH3 is 1. The van der Waals surface area contributed by atoms with E-state index in [1.165, 1.54) is 13.2 Å². The van der Waals surface area contributed by atoms with E-state index >= 15 is 0 Å². The SMILES string of the molecule is COCCOc1ccc(C(F)(F)F)cc1NC(=O)CCc1ncc(-c2ccc(C)cc2)o1. The molecule has 0 aliphatic carbocycles. The molecule has 0 aliphatic rings. The van der Waals surface area contributed by atoms with E-state index in [9.17, 15) is 18.0 Å². The second kappa shape index (κ2) is 10.3. The number of benzene rings is 2. The van der Waals surface area contributed by atoms with Crippen LogP contribution in [0.2, 0.25) is 0 Å². The van der Waals surface area contributed by atoms with Crippen LogP contribution in [0.3, 0.4) is 0 Å². The number of nitrogens with one attached hydrogen (secondary N) is 1. The Morgan fingerprint density at radius 2 is 1.88 bits per heavy atom. The van der Waals surface area contributed by atoms with E-state index in [0.717, 1.165) is 23.3 Å². The summed E-state index contributed by atoms with van der Waals surface area (Å²) in [5.41, 5.74) is 1.03. The van der Waals surface area contributed by atoms with Gasteiger partial charge in [0, 0.05) is 25.5 Å². The molecule has 0 saturated carbocycles. The van der Waals surface area contributed by atoms with Crippen molar-refractivity contribution >= 4 is 11.6 Å². The van der Waals surface area contributed by atoms with Crippen molar-refractivity contribution in [2.45, 2.75) is 25.9 Å². The minimum Gasteiger partial charge on any atom is -0.489 e. The van der Waals surface area contributed by atoms with Crippen LogP contribution in [-0.4, -0.2) is 31.2 Å². The fourth-order valence-electron chi connectivity index (χ4n) is 2.88. The molecule has 2 aromatic carbocycles. The molecule has 1 amide bonds. The largest absolute Gasteiger partial charge is 0.489 e. The van der Waals surface area contributed by atoms with Crippen molar-refractivity contribution in [3.63, 3.8) is 0 Å². The molecule has 0 unspecified atom stereocenters. The van der Waals surface area contributed by atoms with Gasteiger partial charge in [0.2, 0.25) is 5.91 Å². The predicted molar refractivity (Wildman–Crippen MR) is 112 cm³/mol. The third kappa shape index (κ3) is 6.34. The second-order valence-electron chi connectivity index (χ2n) is 7.08. The summed E-state index contributed by atoms with van der Waals surface area (Å²) in [7, 11) is 1.48. The predicted octanol–water partition coefficient (Wildman–Crippen LogP) is 5.27. The lowest BCUT2D eigenvalue weighted by Gasteiger charge is -2.15. The number of halogens is 3. The Bertz CT molecular complexity index is 1050. The summed E-state index contributed by atoms with van der Waals surface area (Å²) in [5.74, 6) is 0.570. The van der Waals surface area contributed by atoms with Crippen molar-refractivity contribution < 1.29 is 31.9 Å². The molecular formula is C23H23F3N2O4. The fourth-order valence-corrected chi connectivity index (χ4v) is 2.88. The highest BCUT2D eigenvalue weighted by molar-refractivity contribution is 5.92. The monoisotopic (exact) mass is 448 g/mol. The standard InChI is InChI=1S/C23H23F3N2O4/c1-15-3-5-16(6-4-15)20-14-27-22(32-20)10-9-21(29)28-18-13-17(23(24,25)26)7-8-19(18)31-12-11-30-2/h3-8,13-14H,9-12H2,1-2H3,(H,28,29). The minimum atomic E-state index is -4.55. The first-order valence-electron chi connectivity index (χ1n) is 9.91. The van der Waals surface area contributed by atoms with E-state index in [1.807, 2.05) is 31.2 Å². The molecule has 0 atom stereocenters. The Morgan fingerprint density at radius 3 is 2.56 bits per heavy atom. The van der Waals surface area contributed by atoms with Crippen molar-refractivity contribution in [3.8, 4) is 17.1 Å². The summed E-state index contributed by atoms with van der Waals surface area (Å²) >= 11 is 0. The van der Waals surface area contributed by atoms with Gasteiger partial charge in [0.1, 0.15) is 12.4 Å². The quantitative estimate of drug-likeness (QED) is 0.452. The van der Waals surface area contributed by atoms with Crippen LogP contribution in [0.25, 0.3) is 11.3 Å². The van der Waals surface area contributed by atoms with Crippen LogP contribution in [-0.2, 0) is 22.1 Å². The van der Waals surface area contributed by atoms with Crippen LogP contribution in [0.4, 0.5) is 18.9 Å². The van der Waals surface area contributed by atoms with E-state index < -0.39 is 17.6 Å². The molecule has 0 spiro atoms. The molecule has 0 bridgehead atoms. The van der Waals surface area contributed by atoms with Crippen molar-refractivity contribution in [1.29, 1.82) is 0 Å². The Morgan fingerprint density at radius 1 is 1.12 bits per heavy atom. The summed E-state index contributed by atoms with van der Waals surface area (Å²) in [5, 5.41) is 2.49. The van der Waals surface area contributed by atoms with Gasteiger partial charge in [-0.15, -0.1) is 0 Å². The summed E-state index contributed by atoms with van der Waals surface area (Å²) in [6.45, 7) is 2.36. The van der Waals surface area contributed by atoms with Gasteiger partial charge in [-0.1, -0.05) is 29.8 Å². The zero-order valence-electron chi connectivity index (χ0n) is 17.7. The van der Waals surface area contributed by atoms with Crippen LogP contribution in [0.5, 0.6) is 5.75 Å². The van der Waals surface area contributed by atoms with E-state index in [0.29, 0.717) is 11.7 Å². The van der Waals surface area contributed by atoms with Crippen LogP contribution in [0, 0.1) is 6.92 Å². The number of hydrogen-bond donors (Lipinski definition) is 1. The lowest BCUT2D eigenvalue weighted by Crippen LogP contribution is -2.15. The maximum absolute atomic E-state index is 13.1. The van der Waals surface area contributed by atoms with Gasteiger partial charge in [0.25, 0.3) is 0 Å². The van der Waals surface area contributed by atoms with Gasteiger partial charge in [-0.3, -0.25) is 4.79 Å². The van der Waals surface area contributed by atoms with Crippen LogP contribution in [0.15, 0.2) is 53.1 Å². The number of amides is 1. The topological polar surface area (TPSA) is 73.6 Å². The number of aromatic nitrogens is 1. The minimum absolute atomic E-state index is 0.0262. The molecule has 1 heterocycles. The Hall–Kier alpha value is -3.33. The highest BCUT2D eigenvalue weighted by Crippen LogP contribution is 2.35. The first kappa shape index (κ1) is 23.3. The molecule has 0 aliphatic heterocycles. The second-order valence-corrected chi connectivity index (χ2v) is 7.08. The molecule has 1 aromatic heterocycles. The zero-order valence-corrected chi connectivity index (χ0v) is 17.7. The first-order chi connectivity index (χ1) is 15.3. The highest BCUT2D eigenvalue weighted by Gasteiger charge is 2.31. The third-order valence-electron chi connectivity index (χ3n) is 4.58. The van der Waals surface area contributed by atoms with Crippen molar-refractivity contribution in [2.75, 3.05) is 25.6 Å². The van der Waals surface area contributed by atoms with E-state index in [-0.39, 0.29) is 37.5 Å². The van der Waals surface area contributed by atoms with Gasteiger partial charge in [-0.05, 0) is 25.1 Å². The summed E-state index contributed by atoms with van der Waals surface area (Å²) in [6.07, 6.45) is -2.81. The van der Waals surface area contributed by atoms with E-state index in [4.69, 9.17) is 13.9 Å². The van der Waals surface area contributed by atoms with Gasteiger partial charge in [-0.25, -0.2) is 4.98 Å². The maximum Gasteiger partial charge on any atom is 0.416 e. The third-order valence-corrected chi connectivity index (χ3v) is 4.58. The van der Waals surface area contributed by atoms with Crippen molar-refractivity contribution in [1.82, 2.24) is 4.98 Å². The lowest BCUT2D eigenvalue weighted by atomic mass is 10.1. The fraction of sp³-hybridized carbons (Fsp3) is 0.304. The van der Waals surface area contributed by atoms with Gasteiger partial charge < -0.3 is 19.2 Å². The van der Waals surface area contributed by atoms with Crippen LogP contribution < -0.4 is 10.1 Å². The number of carbonyl (C=O) groups excluding carboxylic acids is 1. The smallest absolute Gasteiger partial charge is 0.416 e. The number of hydrogen-bond acceptors (Lipinski definition) is 5. The molecule has 32 heavy (non-hydrogen) atoms. The number of aryl methyl sites for hydroxylation is 2. The number of ether oxygens (including phenoxy) is 2. The number of carbonyl (C=O) groups is 1. The van der Waals surface area contributed by atoms with E-state index in [2.05, 4.69) is 10.3 Å². The average molecular weight is 448 g/mol. The molecular weight excluding hydrogens is 425 g/mol. The summed E-state index contributed by atoms with van der Waals surface area (Å²) in [6, 6.07) is 10.6. The molecule has 3 aromatic rings.